The van der Waals surface area contributed by atoms with Gasteiger partial charge in [-0.3, -0.25) is 4.79 Å². The molecule has 0 fully saturated rings. The Hall–Kier alpha value is -2.87. The van der Waals surface area contributed by atoms with Crippen molar-refractivity contribution in [1.29, 1.82) is 0 Å². The number of thioether (sulfide) groups is 1. The molecule has 26 heavy (non-hydrogen) atoms. The van der Waals surface area contributed by atoms with Gasteiger partial charge in [0.1, 0.15) is 11.6 Å². The first-order chi connectivity index (χ1) is 12.5. The van der Waals surface area contributed by atoms with Gasteiger partial charge in [-0.15, -0.1) is 10.2 Å². The Kier molecular flexibility index (Phi) is 5.52. The van der Waals surface area contributed by atoms with E-state index < -0.39 is 5.82 Å². The lowest BCUT2D eigenvalue weighted by atomic mass is 10.2. The highest BCUT2D eigenvalue weighted by molar-refractivity contribution is 7.99. The number of nitrogens with zero attached hydrogens (tertiary/aromatic N) is 2. The smallest absolute Gasteiger partial charge is 0.234 e. The van der Waals surface area contributed by atoms with Crippen LogP contribution in [-0.2, 0) is 4.79 Å². The maximum Gasteiger partial charge on any atom is 0.234 e. The van der Waals surface area contributed by atoms with Crippen molar-refractivity contribution in [2.75, 3.05) is 18.2 Å². The number of methoxy groups -OCH3 is 1. The molecule has 134 valence electrons. The van der Waals surface area contributed by atoms with Crippen LogP contribution in [0.4, 0.5) is 10.1 Å². The molecule has 0 atom stereocenters. The number of hydrogen-bond donors (Lipinski definition) is 2. The van der Waals surface area contributed by atoms with E-state index in [1.54, 1.807) is 19.2 Å². The van der Waals surface area contributed by atoms with Gasteiger partial charge < -0.3 is 15.0 Å². The van der Waals surface area contributed by atoms with Gasteiger partial charge in [0.2, 0.25) is 5.91 Å². The van der Waals surface area contributed by atoms with Gasteiger partial charge in [0.15, 0.2) is 11.0 Å². The number of aromatic nitrogens is 3. The third-order valence-electron chi connectivity index (χ3n) is 3.57. The van der Waals surface area contributed by atoms with Gasteiger partial charge in [-0.1, -0.05) is 17.8 Å². The number of carbonyl (C=O) groups excluding carboxylic acids is 1. The molecule has 0 saturated heterocycles. The second kappa shape index (κ2) is 8.01. The maximum atomic E-state index is 13.7. The van der Waals surface area contributed by atoms with Crippen LogP contribution in [-0.4, -0.2) is 34.0 Å². The number of aryl methyl sites for hydroxylation is 1. The zero-order valence-corrected chi connectivity index (χ0v) is 15.1. The molecule has 0 saturated carbocycles. The molecule has 0 aliphatic carbocycles. The second-order valence-corrected chi connectivity index (χ2v) is 6.49. The Bertz CT molecular complexity index is 912. The molecular weight excluding hydrogens is 355 g/mol. The SMILES string of the molecule is COc1ccc(-c2nnc(SCC(=O)Nc3cc(C)ccc3F)[nH]2)cc1. The highest BCUT2D eigenvalue weighted by Gasteiger charge is 2.11. The Morgan fingerprint density at radius 2 is 2.00 bits per heavy atom. The third-order valence-corrected chi connectivity index (χ3v) is 4.43. The van der Waals surface area contributed by atoms with Crippen molar-refractivity contribution in [3.63, 3.8) is 0 Å². The third kappa shape index (κ3) is 4.40. The van der Waals surface area contributed by atoms with Crippen LogP contribution in [0.25, 0.3) is 11.4 Å². The van der Waals surface area contributed by atoms with Gasteiger partial charge in [0, 0.05) is 5.56 Å². The van der Waals surface area contributed by atoms with E-state index in [9.17, 15) is 9.18 Å². The van der Waals surface area contributed by atoms with Crippen LogP contribution >= 0.6 is 11.8 Å². The van der Waals surface area contributed by atoms with Crippen LogP contribution in [0.5, 0.6) is 5.75 Å². The fraction of sp³-hybridized carbons (Fsp3) is 0.167. The zero-order valence-electron chi connectivity index (χ0n) is 14.2. The number of anilines is 1. The Balaban J connectivity index is 1.58. The van der Waals surface area contributed by atoms with E-state index >= 15 is 0 Å². The summed E-state index contributed by atoms with van der Waals surface area (Å²) in [4.78, 5) is 15.1. The maximum absolute atomic E-state index is 13.7. The molecular formula is C18H17FN4O2S. The number of benzene rings is 2. The molecule has 0 spiro atoms. The van der Waals surface area contributed by atoms with E-state index in [-0.39, 0.29) is 17.3 Å². The number of hydrogen-bond acceptors (Lipinski definition) is 5. The fourth-order valence-electron chi connectivity index (χ4n) is 2.25. The molecule has 1 aromatic heterocycles. The molecule has 6 nitrogen and oxygen atoms in total. The van der Waals surface area contributed by atoms with Gasteiger partial charge in [0.05, 0.1) is 18.6 Å². The summed E-state index contributed by atoms with van der Waals surface area (Å²) in [6.07, 6.45) is 0. The van der Waals surface area contributed by atoms with Crippen LogP contribution in [0.1, 0.15) is 5.56 Å². The van der Waals surface area contributed by atoms with Crippen molar-refractivity contribution in [3.8, 4) is 17.1 Å². The minimum atomic E-state index is -0.463. The van der Waals surface area contributed by atoms with Crippen molar-refractivity contribution < 1.29 is 13.9 Å². The van der Waals surface area contributed by atoms with E-state index in [0.29, 0.717) is 11.0 Å². The lowest BCUT2D eigenvalue weighted by Gasteiger charge is -2.06. The first-order valence-corrected chi connectivity index (χ1v) is 8.79. The molecule has 3 rings (SSSR count). The second-order valence-electron chi connectivity index (χ2n) is 5.53. The normalized spacial score (nSPS) is 10.6. The van der Waals surface area contributed by atoms with Crippen molar-refractivity contribution in [2.45, 2.75) is 12.1 Å². The minimum absolute atomic E-state index is 0.0879. The molecule has 3 aromatic rings. The van der Waals surface area contributed by atoms with Crippen LogP contribution in [0.15, 0.2) is 47.6 Å². The van der Waals surface area contributed by atoms with Gasteiger partial charge >= 0.3 is 0 Å². The molecule has 0 bridgehead atoms. The first kappa shape index (κ1) is 17.9. The van der Waals surface area contributed by atoms with E-state index in [1.165, 1.54) is 17.8 Å². The average Bonchev–Trinajstić information content (AvgIpc) is 3.12. The molecule has 1 heterocycles. The molecule has 0 aliphatic rings. The zero-order chi connectivity index (χ0) is 18.5. The number of H-pyrrole nitrogens is 1. The van der Waals surface area contributed by atoms with Crippen molar-refractivity contribution in [3.05, 3.63) is 53.8 Å². The summed E-state index contributed by atoms with van der Waals surface area (Å²) in [6.45, 7) is 1.83. The number of carbonyl (C=O) groups is 1. The number of ether oxygens (including phenoxy) is 1. The molecule has 0 radical (unpaired) electrons. The van der Waals surface area contributed by atoms with E-state index in [4.69, 9.17) is 4.74 Å². The van der Waals surface area contributed by atoms with Crippen molar-refractivity contribution in [2.24, 2.45) is 0 Å². The first-order valence-electron chi connectivity index (χ1n) is 7.81. The number of amides is 1. The minimum Gasteiger partial charge on any atom is -0.497 e. The number of aromatic amines is 1. The predicted molar refractivity (Wildman–Crippen MR) is 98.9 cm³/mol. The predicted octanol–water partition coefficient (Wildman–Crippen LogP) is 3.66. The van der Waals surface area contributed by atoms with Crippen molar-refractivity contribution >= 4 is 23.4 Å². The van der Waals surface area contributed by atoms with Gasteiger partial charge in [-0.2, -0.15) is 0 Å². The van der Waals surface area contributed by atoms with Crippen LogP contribution in [0.3, 0.4) is 0 Å². The van der Waals surface area contributed by atoms with E-state index in [1.807, 2.05) is 31.2 Å². The van der Waals surface area contributed by atoms with Crippen LogP contribution < -0.4 is 10.1 Å². The Labute approximate surface area is 154 Å². The topological polar surface area (TPSA) is 79.9 Å². The van der Waals surface area contributed by atoms with E-state index in [0.717, 1.165) is 16.9 Å². The fourth-order valence-corrected chi connectivity index (χ4v) is 2.85. The lowest BCUT2D eigenvalue weighted by Crippen LogP contribution is -2.15. The van der Waals surface area contributed by atoms with E-state index in [2.05, 4.69) is 20.5 Å². The summed E-state index contributed by atoms with van der Waals surface area (Å²) in [6, 6.07) is 11.9. The summed E-state index contributed by atoms with van der Waals surface area (Å²) < 4.78 is 18.8. The van der Waals surface area contributed by atoms with Gasteiger partial charge in [-0.25, -0.2) is 4.39 Å². The molecule has 0 aliphatic heterocycles. The van der Waals surface area contributed by atoms with Gasteiger partial charge in [0.25, 0.3) is 0 Å². The van der Waals surface area contributed by atoms with Crippen LogP contribution in [0, 0.1) is 12.7 Å². The molecule has 1 amide bonds. The summed E-state index contributed by atoms with van der Waals surface area (Å²) in [5.74, 6) is 0.658. The largest absolute Gasteiger partial charge is 0.497 e. The molecule has 2 aromatic carbocycles. The highest BCUT2D eigenvalue weighted by Crippen LogP contribution is 2.22. The van der Waals surface area contributed by atoms with Gasteiger partial charge in [-0.05, 0) is 48.9 Å². The number of nitrogens with one attached hydrogen (secondary N) is 2. The molecule has 0 unspecified atom stereocenters. The summed E-state index contributed by atoms with van der Waals surface area (Å²) in [5.41, 5.74) is 1.90. The Morgan fingerprint density at radius 3 is 2.73 bits per heavy atom. The molecule has 2 N–H and O–H groups in total. The van der Waals surface area contributed by atoms with Crippen molar-refractivity contribution in [1.82, 2.24) is 15.2 Å². The highest BCUT2D eigenvalue weighted by atomic mass is 32.2. The summed E-state index contributed by atoms with van der Waals surface area (Å²) in [5, 5.41) is 11.2. The summed E-state index contributed by atoms with van der Waals surface area (Å²) >= 11 is 1.19. The number of halogens is 1. The standard InChI is InChI=1S/C18H17FN4O2S/c1-11-3-8-14(19)15(9-11)20-16(24)10-26-18-21-17(22-23-18)12-4-6-13(25-2)7-5-12/h3-9H,10H2,1-2H3,(H,20,24)(H,21,22,23). The lowest BCUT2D eigenvalue weighted by molar-refractivity contribution is -0.113. The summed E-state index contributed by atoms with van der Waals surface area (Å²) in [7, 11) is 1.60. The monoisotopic (exact) mass is 372 g/mol. The quantitative estimate of drug-likeness (QED) is 0.646. The number of rotatable bonds is 6. The molecule has 8 heteroatoms. The average molecular weight is 372 g/mol. The Morgan fingerprint density at radius 1 is 1.23 bits per heavy atom. The van der Waals surface area contributed by atoms with Crippen LogP contribution in [0.2, 0.25) is 0 Å².